The van der Waals surface area contributed by atoms with Crippen molar-refractivity contribution in [1.82, 2.24) is 0 Å². The van der Waals surface area contributed by atoms with Gasteiger partial charge in [0.05, 0.1) is 6.61 Å². The second kappa shape index (κ2) is 22.8. The fourth-order valence-electron chi connectivity index (χ4n) is 2.65. The summed E-state index contributed by atoms with van der Waals surface area (Å²) in [6, 6.07) is 0. The van der Waals surface area contributed by atoms with E-state index in [9.17, 15) is 4.79 Å². The molecular weight excluding hydrogens is 382 g/mol. The van der Waals surface area contributed by atoms with Crippen LogP contribution >= 0.6 is 0 Å². The largest absolute Gasteiger partial charge is 0.463 e. The zero-order valence-electron chi connectivity index (χ0n) is 17.0. The molecule has 0 heterocycles. The number of aliphatic hydroxyl groups is 2. The van der Waals surface area contributed by atoms with Crippen LogP contribution in [0.2, 0.25) is 0 Å². The second-order valence-electron chi connectivity index (χ2n) is 6.85. The number of allylic oxidation sites excluding steroid dienone is 2. The maximum atomic E-state index is 11.4. The van der Waals surface area contributed by atoms with E-state index in [1.807, 2.05) is 0 Å². The van der Waals surface area contributed by atoms with Crippen molar-refractivity contribution in [2.75, 3.05) is 13.2 Å². The van der Waals surface area contributed by atoms with Crippen molar-refractivity contribution in [3.05, 3.63) is 12.2 Å². The van der Waals surface area contributed by atoms with E-state index in [1.165, 1.54) is 57.8 Å². The van der Waals surface area contributed by atoms with Crippen molar-refractivity contribution in [1.29, 1.82) is 0 Å². The van der Waals surface area contributed by atoms with Gasteiger partial charge in [0.25, 0.3) is 0 Å². The molecule has 150 valence electrons. The molecule has 0 radical (unpaired) electrons. The number of hydrogen-bond donors (Lipinski definition) is 2. The molecule has 0 saturated heterocycles. The summed E-state index contributed by atoms with van der Waals surface area (Å²) >= 11 is 0. The van der Waals surface area contributed by atoms with Crippen LogP contribution in [0.5, 0.6) is 0 Å². The fourth-order valence-corrected chi connectivity index (χ4v) is 2.65. The summed E-state index contributed by atoms with van der Waals surface area (Å²) in [5.41, 5.74) is 0. The van der Waals surface area contributed by atoms with Crippen LogP contribution in [0.3, 0.4) is 0 Å². The van der Waals surface area contributed by atoms with Gasteiger partial charge in [-0.25, -0.2) is 0 Å². The van der Waals surface area contributed by atoms with Crippen molar-refractivity contribution < 1.29 is 39.2 Å². The van der Waals surface area contributed by atoms with Gasteiger partial charge in [-0.15, -0.1) is 0 Å². The van der Waals surface area contributed by atoms with Gasteiger partial charge in [-0.2, -0.15) is 0 Å². The number of carbonyl (C=O) groups excluding carboxylic acids is 1. The smallest absolute Gasteiger partial charge is 0.305 e. The molecule has 4 nitrogen and oxygen atoms in total. The zero-order chi connectivity index (χ0) is 18.6. The summed E-state index contributed by atoms with van der Waals surface area (Å²) in [6.07, 6.45) is 20.1. The molecule has 0 aliphatic rings. The van der Waals surface area contributed by atoms with E-state index in [-0.39, 0.29) is 38.7 Å². The van der Waals surface area contributed by atoms with Gasteiger partial charge in [0, 0.05) is 25.9 Å². The first-order valence-electron chi connectivity index (χ1n) is 10.3. The Balaban J connectivity index is 0. The summed E-state index contributed by atoms with van der Waals surface area (Å²) in [5, 5.41) is 17.7. The van der Waals surface area contributed by atoms with Gasteiger partial charge in [0.15, 0.2) is 0 Å². The standard InChI is InChI=1S/C21H40O4.Zn/c1-2-3-4-5-6-7-8-9-10-11-12-13-14-15-16-17-21(24)25-19-20(23)18-22;/h9-10,20,22-23H,2-8,11-19H2,1H3;/b10-9-;. The minimum Gasteiger partial charge on any atom is -0.463 e. The van der Waals surface area contributed by atoms with Gasteiger partial charge in [-0.1, -0.05) is 70.4 Å². The van der Waals surface area contributed by atoms with E-state index in [0.29, 0.717) is 6.42 Å². The molecule has 0 aliphatic carbocycles. The number of carbonyl (C=O) groups is 1. The molecule has 1 unspecified atom stereocenters. The average molecular weight is 422 g/mol. The van der Waals surface area contributed by atoms with Gasteiger partial charge in [0.2, 0.25) is 0 Å². The van der Waals surface area contributed by atoms with Crippen LogP contribution in [0.4, 0.5) is 0 Å². The number of hydrogen-bond acceptors (Lipinski definition) is 4. The Morgan fingerprint density at radius 3 is 1.92 bits per heavy atom. The third kappa shape index (κ3) is 21.8. The third-order valence-electron chi connectivity index (χ3n) is 4.29. The Morgan fingerprint density at radius 2 is 1.38 bits per heavy atom. The van der Waals surface area contributed by atoms with Crippen LogP contribution in [0, 0.1) is 0 Å². The zero-order valence-corrected chi connectivity index (χ0v) is 19.9. The fraction of sp³-hybridized carbons (Fsp3) is 0.857. The van der Waals surface area contributed by atoms with Gasteiger partial charge >= 0.3 is 5.97 Å². The molecule has 5 heteroatoms. The van der Waals surface area contributed by atoms with Crippen molar-refractivity contribution in [3.63, 3.8) is 0 Å². The number of ether oxygens (including phenoxy) is 1. The predicted molar refractivity (Wildman–Crippen MR) is 104 cm³/mol. The number of unbranched alkanes of at least 4 members (excludes halogenated alkanes) is 11. The molecule has 26 heavy (non-hydrogen) atoms. The number of esters is 1. The van der Waals surface area contributed by atoms with Crippen LogP contribution in [-0.2, 0) is 29.0 Å². The van der Waals surface area contributed by atoms with Crippen molar-refractivity contribution in [3.8, 4) is 0 Å². The molecule has 0 saturated carbocycles. The predicted octanol–water partition coefficient (Wildman–Crippen LogP) is 4.92. The van der Waals surface area contributed by atoms with E-state index in [0.717, 1.165) is 25.7 Å². The summed E-state index contributed by atoms with van der Waals surface area (Å²) < 4.78 is 4.86. The quantitative estimate of drug-likeness (QED) is 0.143. The molecule has 0 spiro atoms. The van der Waals surface area contributed by atoms with E-state index in [2.05, 4.69) is 19.1 Å². The molecule has 0 fully saturated rings. The maximum Gasteiger partial charge on any atom is 0.305 e. The molecule has 0 aliphatic heterocycles. The monoisotopic (exact) mass is 420 g/mol. The van der Waals surface area contributed by atoms with E-state index < -0.39 is 6.10 Å². The molecule has 0 aromatic heterocycles. The summed E-state index contributed by atoms with van der Waals surface area (Å²) in [7, 11) is 0. The number of aliphatic hydroxyl groups excluding tert-OH is 2. The molecule has 0 rings (SSSR count). The van der Waals surface area contributed by atoms with Crippen molar-refractivity contribution in [2.45, 2.75) is 103 Å². The summed E-state index contributed by atoms with van der Waals surface area (Å²) in [5.74, 6) is -0.287. The van der Waals surface area contributed by atoms with Crippen molar-refractivity contribution in [2.24, 2.45) is 0 Å². The Kier molecular flexibility index (Phi) is 24.5. The van der Waals surface area contributed by atoms with E-state index in [1.54, 1.807) is 0 Å². The van der Waals surface area contributed by atoms with Crippen LogP contribution in [0.25, 0.3) is 0 Å². The van der Waals surface area contributed by atoms with Gasteiger partial charge in [-0.05, 0) is 32.1 Å². The summed E-state index contributed by atoms with van der Waals surface area (Å²) in [4.78, 5) is 11.4. The molecule has 0 amide bonds. The van der Waals surface area contributed by atoms with Gasteiger partial charge in [0.1, 0.15) is 12.7 Å². The molecule has 0 aromatic rings. The van der Waals surface area contributed by atoms with Crippen LogP contribution < -0.4 is 0 Å². The molecule has 0 aromatic carbocycles. The topological polar surface area (TPSA) is 66.8 Å². The van der Waals surface area contributed by atoms with E-state index >= 15 is 0 Å². The minimum atomic E-state index is -0.960. The normalized spacial score (nSPS) is 12.1. The van der Waals surface area contributed by atoms with Crippen molar-refractivity contribution >= 4 is 5.97 Å². The average Bonchev–Trinajstić information content (AvgIpc) is 2.62. The maximum absolute atomic E-state index is 11.4. The Morgan fingerprint density at radius 1 is 0.885 bits per heavy atom. The SMILES string of the molecule is CCCCCCCC/C=C\CCCCCCCC(=O)OCC(O)CO.[Zn]. The molecule has 1 atom stereocenters. The minimum absolute atomic E-state index is 0. The Hall–Kier alpha value is -0.247. The van der Waals surface area contributed by atoms with Crippen LogP contribution in [-0.4, -0.2) is 35.5 Å². The number of rotatable bonds is 18. The molecule has 0 bridgehead atoms. The van der Waals surface area contributed by atoms with Crippen LogP contribution in [0.15, 0.2) is 12.2 Å². The first-order valence-corrected chi connectivity index (χ1v) is 10.3. The molecule has 2 N–H and O–H groups in total. The van der Waals surface area contributed by atoms with E-state index in [4.69, 9.17) is 14.9 Å². The summed E-state index contributed by atoms with van der Waals surface area (Å²) in [6.45, 7) is 1.77. The Labute approximate surface area is 173 Å². The first kappa shape index (κ1) is 28.0. The van der Waals surface area contributed by atoms with Gasteiger partial charge in [-0.3, -0.25) is 4.79 Å². The van der Waals surface area contributed by atoms with Crippen LogP contribution in [0.1, 0.15) is 96.8 Å². The first-order chi connectivity index (χ1) is 12.2. The molecular formula is C21H40O4Zn. The van der Waals surface area contributed by atoms with Gasteiger partial charge < -0.3 is 14.9 Å². The second-order valence-corrected chi connectivity index (χ2v) is 6.85. The Bertz CT molecular complexity index is 321. The third-order valence-corrected chi connectivity index (χ3v) is 4.29.